The molecule has 0 fully saturated rings. The Morgan fingerprint density at radius 1 is 1.00 bits per heavy atom. The Bertz CT molecular complexity index is 1130. The maximum atomic E-state index is 6.02. The standard InChI is InChI=1S/C22H21N3O/c1-4-24-15(3)25(19-8-6-5-7-18(19)24)17-9-10-21-22(14(17)2)16-13-23-12-11-20(16)26-21/h5-13,15H,4H2,1-3H3/t15-/m0/s1. The molecule has 26 heavy (non-hydrogen) atoms. The highest BCUT2D eigenvalue weighted by Crippen LogP contribution is 2.46. The van der Waals surface area contributed by atoms with Gasteiger partial charge in [0.25, 0.3) is 0 Å². The molecule has 0 aliphatic carbocycles. The van der Waals surface area contributed by atoms with Crippen LogP contribution in [-0.2, 0) is 0 Å². The Labute approximate surface area is 152 Å². The van der Waals surface area contributed by atoms with Crippen molar-refractivity contribution in [1.82, 2.24) is 4.98 Å². The molecule has 4 heteroatoms. The van der Waals surface area contributed by atoms with E-state index in [0.29, 0.717) is 0 Å². The third-order valence-corrected chi connectivity index (χ3v) is 5.54. The lowest BCUT2D eigenvalue weighted by molar-refractivity contribution is 0.667. The van der Waals surface area contributed by atoms with Crippen LogP contribution in [0.5, 0.6) is 0 Å². The second-order valence-electron chi connectivity index (χ2n) is 6.83. The molecule has 0 radical (unpaired) electrons. The fourth-order valence-corrected chi connectivity index (χ4v) is 4.35. The molecule has 0 N–H and O–H groups in total. The quantitative estimate of drug-likeness (QED) is 0.473. The van der Waals surface area contributed by atoms with E-state index < -0.39 is 0 Å². The van der Waals surface area contributed by atoms with Crippen molar-refractivity contribution >= 4 is 39.0 Å². The zero-order valence-corrected chi connectivity index (χ0v) is 15.2. The van der Waals surface area contributed by atoms with Gasteiger partial charge in [-0.2, -0.15) is 0 Å². The van der Waals surface area contributed by atoms with E-state index in [1.807, 2.05) is 12.3 Å². The van der Waals surface area contributed by atoms with Gasteiger partial charge in [0, 0.05) is 35.4 Å². The van der Waals surface area contributed by atoms with Crippen LogP contribution >= 0.6 is 0 Å². The van der Waals surface area contributed by atoms with Crippen molar-refractivity contribution in [3.8, 4) is 0 Å². The molecule has 1 aliphatic heterocycles. The summed E-state index contributed by atoms with van der Waals surface area (Å²) in [6.07, 6.45) is 3.95. The summed E-state index contributed by atoms with van der Waals surface area (Å²) in [5.74, 6) is 0. The third-order valence-electron chi connectivity index (χ3n) is 5.54. The van der Waals surface area contributed by atoms with Crippen LogP contribution in [0.1, 0.15) is 19.4 Å². The fourth-order valence-electron chi connectivity index (χ4n) is 4.35. The highest BCUT2D eigenvalue weighted by atomic mass is 16.3. The molecule has 2 aromatic heterocycles. The largest absolute Gasteiger partial charge is 0.456 e. The van der Waals surface area contributed by atoms with E-state index in [9.17, 15) is 0 Å². The Kier molecular flexibility index (Phi) is 3.23. The van der Waals surface area contributed by atoms with E-state index in [2.05, 4.69) is 72.0 Å². The first-order valence-corrected chi connectivity index (χ1v) is 9.11. The fraction of sp³-hybridized carbons (Fsp3) is 0.227. The number of aryl methyl sites for hydroxylation is 1. The van der Waals surface area contributed by atoms with Gasteiger partial charge in [-0.25, -0.2) is 0 Å². The van der Waals surface area contributed by atoms with Crippen LogP contribution in [0.3, 0.4) is 0 Å². The second kappa shape index (κ2) is 5.49. The molecule has 130 valence electrons. The SMILES string of the molecule is CCN1c2ccccc2N(c2ccc3oc4ccncc4c3c2C)[C@H]1C. The predicted octanol–water partition coefficient (Wildman–Crippen LogP) is 5.61. The number of fused-ring (bicyclic) bond motifs is 4. The van der Waals surface area contributed by atoms with E-state index in [0.717, 1.165) is 28.5 Å². The van der Waals surface area contributed by atoms with Gasteiger partial charge in [0.15, 0.2) is 0 Å². The number of rotatable bonds is 2. The summed E-state index contributed by atoms with van der Waals surface area (Å²) in [6, 6.07) is 14.8. The molecular weight excluding hydrogens is 322 g/mol. The van der Waals surface area contributed by atoms with E-state index in [-0.39, 0.29) is 6.17 Å². The van der Waals surface area contributed by atoms with Gasteiger partial charge in [-0.05, 0) is 56.7 Å². The minimum Gasteiger partial charge on any atom is -0.456 e. The number of furan rings is 1. The average molecular weight is 343 g/mol. The first-order chi connectivity index (χ1) is 12.7. The number of anilines is 3. The highest BCUT2D eigenvalue weighted by Gasteiger charge is 2.33. The molecule has 1 aliphatic rings. The van der Waals surface area contributed by atoms with Crippen LogP contribution in [0.4, 0.5) is 17.1 Å². The Balaban J connectivity index is 1.77. The van der Waals surface area contributed by atoms with Crippen molar-refractivity contribution in [3.63, 3.8) is 0 Å². The van der Waals surface area contributed by atoms with Crippen LogP contribution < -0.4 is 9.80 Å². The number of hydrogen-bond acceptors (Lipinski definition) is 4. The van der Waals surface area contributed by atoms with Crippen LogP contribution in [0, 0.1) is 6.92 Å². The summed E-state index contributed by atoms with van der Waals surface area (Å²) in [6.45, 7) is 7.64. The summed E-state index contributed by atoms with van der Waals surface area (Å²) >= 11 is 0. The van der Waals surface area contributed by atoms with E-state index in [1.54, 1.807) is 6.20 Å². The average Bonchev–Trinajstić information content (AvgIpc) is 3.17. The number of aromatic nitrogens is 1. The molecule has 3 heterocycles. The van der Waals surface area contributed by atoms with Gasteiger partial charge in [-0.15, -0.1) is 0 Å². The van der Waals surface area contributed by atoms with Gasteiger partial charge < -0.3 is 14.2 Å². The zero-order chi connectivity index (χ0) is 17.8. The Morgan fingerprint density at radius 3 is 2.62 bits per heavy atom. The number of hydrogen-bond donors (Lipinski definition) is 0. The molecule has 1 atom stereocenters. The first-order valence-electron chi connectivity index (χ1n) is 9.11. The summed E-state index contributed by atoms with van der Waals surface area (Å²) in [4.78, 5) is 9.17. The van der Waals surface area contributed by atoms with Gasteiger partial charge in [0.2, 0.25) is 0 Å². The lowest BCUT2D eigenvalue weighted by atomic mass is 10.1. The molecule has 0 unspecified atom stereocenters. The topological polar surface area (TPSA) is 32.5 Å². The van der Waals surface area contributed by atoms with Gasteiger partial charge in [-0.3, -0.25) is 4.98 Å². The summed E-state index contributed by atoms with van der Waals surface area (Å²) in [5, 5.41) is 2.24. The number of benzene rings is 2. The third kappa shape index (κ3) is 1.93. The van der Waals surface area contributed by atoms with Crippen LogP contribution in [0.15, 0.2) is 59.3 Å². The molecule has 5 rings (SSSR count). The molecular formula is C22H21N3O. The van der Waals surface area contributed by atoms with Crippen molar-refractivity contribution in [1.29, 1.82) is 0 Å². The van der Waals surface area contributed by atoms with Crippen molar-refractivity contribution in [2.75, 3.05) is 16.3 Å². The van der Waals surface area contributed by atoms with E-state index in [1.165, 1.54) is 22.6 Å². The van der Waals surface area contributed by atoms with Crippen LogP contribution in [0.2, 0.25) is 0 Å². The number of nitrogens with zero attached hydrogens (tertiary/aromatic N) is 3. The van der Waals surface area contributed by atoms with Crippen molar-refractivity contribution in [2.24, 2.45) is 0 Å². The Hall–Kier alpha value is -3.01. The van der Waals surface area contributed by atoms with Gasteiger partial charge >= 0.3 is 0 Å². The van der Waals surface area contributed by atoms with Crippen molar-refractivity contribution in [2.45, 2.75) is 26.9 Å². The minimum atomic E-state index is 0.268. The van der Waals surface area contributed by atoms with Crippen molar-refractivity contribution < 1.29 is 4.42 Å². The van der Waals surface area contributed by atoms with Gasteiger partial charge in [0.1, 0.15) is 17.3 Å². The van der Waals surface area contributed by atoms with E-state index in [4.69, 9.17) is 4.42 Å². The molecule has 0 bridgehead atoms. The van der Waals surface area contributed by atoms with Gasteiger partial charge in [0.05, 0.1) is 11.4 Å². The van der Waals surface area contributed by atoms with Gasteiger partial charge in [-0.1, -0.05) is 12.1 Å². The number of pyridine rings is 1. The highest BCUT2D eigenvalue weighted by molar-refractivity contribution is 6.08. The summed E-state index contributed by atoms with van der Waals surface area (Å²) < 4.78 is 6.02. The molecule has 4 nitrogen and oxygen atoms in total. The van der Waals surface area contributed by atoms with Crippen molar-refractivity contribution in [3.05, 3.63) is 60.4 Å². The molecule has 0 amide bonds. The number of para-hydroxylation sites is 2. The van der Waals surface area contributed by atoms with Crippen LogP contribution in [-0.4, -0.2) is 17.7 Å². The summed E-state index contributed by atoms with van der Waals surface area (Å²) in [5.41, 5.74) is 6.81. The molecule has 0 saturated carbocycles. The lowest BCUT2D eigenvalue weighted by Gasteiger charge is -2.30. The predicted molar refractivity (Wildman–Crippen MR) is 107 cm³/mol. The van der Waals surface area contributed by atoms with E-state index >= 15 is 0 Å². The first kappa shape index (κ1) is 15.3. The zero-order valence-electron chi connectivity index (χ0n) is 15.2. The Morgan fingerprint density at radius 2 is 1.81 bits per heavy atom. The molecule has 0 spiro atoms. The molecule has 2 aromatic carbocycles. The maximum Gasteiger partial charge on any atom is 0.138 e. The lowest BCUT2D eigenvalue weighted by Crippen LogP contribution is -2.38. The summed E-state index contributed by atoms with van der Waals surface area (Å²) in [7, 11) is 0. The molecule has 0 saturated heterocycles. The normalized spacial score (nSPS) is 16.7. The second-order valence-corrected chi connectivity index (χ2v) is 6.83. The molecule has 4 aromatic rings. The minimum absolute atomic E-state index is 0.268. The smallest absolute Gasteiger partial charge is 0.138 e. The monoisotopic (exact) mass is 343 g/mol. The van der Waals surface area contributed by atoms with Crippen LogP contribution in [0.25, 0.3) is 21.9 Å². The maximum absolute atomic E-state index is 6.02.